The lowest BCUT2D eigenvalue weighted by Gasteiger charge is -2.27. The van der Waals surface area contributed by atoms with E-state index in [0.717, 1.165) is 44.8 Å². The van der Waals surface area contributed by atoms with Gasteiger partial charge in [0.25, 0.3) is 5.91 Å². The molecule has 1 aromatic rings. The molecule has 1 aliphatic heterocycles. The van der Waals surface area contributed by atoms with Gasteiger partial charge in [-0.05, 0) is 32.4 Å². The molecule has 1 saturated heterocycles. The van der Waals surface area contributed by atoms with Crippen molar-refractivity contribution in [3.05, 3.63) is 23.3 Å². The number of ether oxygens (including phenoxy) is 3. The van der Waals surface area contributed by atoms with Gasteiger partial charge < -0.3 is 19.5 Å². The number of methoxy groups -OCH3 is 2. The summed E-state index contributed by atoms with van der Waals surface area (Å²) in [7, 11) is 3.18. The first kappa shape index (κ1) is 18.5. The number of carbonyl (C=O) groups excluding carboxylic acids is 1. The summed E-state index contributed by atoms with van der Waals surface area (Å²) in [5.74, 6) is 1.20. The quantitative estimate of drug-likeness (QED) is 0.823. The molecular formula is C18H28N2O4. The summed E-state index contributed by atoms with van der Waals surface area (Å²) in [4.78, 5) is 14.9. The molecule has 0 bridgehead atoms. The fraction of sp³-hybridized carbons (Fsp3) is 0.611. The second-order valence-corrected chi connectivity index (χ2v) is 6.12. The van der Waals surface area contributed by atoms with E-state index in [2.05, 4.69) is 10.2 Å². The zero-order valence-electron chi connectivity index (χ0n) is 15.1. The molecule has 1 heterocycles. The minimum Gasteiger partial charge on any atom is -0.496 e. The minimum absolute atomic E-state index is 0.0960. The van der Waals surface area contributed by atoms with Gasteiger partial charge in [0.15, 0.2) is 0 Å². The van der Waals surface area contributed by atoms with E-state index in [-0.39, 0.29) is 11.9 Å². The van der Waals surface area contributed by atoms with Gasteiger partial charge in [0, 0.05) is 36.8 Å². The van der Waals surface area contributed by atoms with Crippen LogP contribution in [-0.2, 0) is 4.74 Å². The van der Waals surface area contributed by atoms with Crippen molar-refractivity contribution in [2.24, 2.45) is 0 Å². The molecule has 2 rings (SSSR count). The Hall–Kier alpha value is -1.79. The summed E-state index contributed by atoms with van der Waals surface area (Å²) in [6.07, 6.45) is 0.909. The molecule has 1 atom stereocenters. The van der Waals surface area contributed by atoms with Crippen LogP contribution in [0.1, 0.15) is 29.3 Å². The van der Waals surface area contributed by atoms with Gasteiger partial charge in [-0.3, -0.25) is 9.69 Å². The Morgan fingerprint density at radius 2 is 1.83 bits per heavy atom. The van der Waals surface area contributed by atoms with Gasteiger partial charge in [0.2, 0.25) is 0 Å². The lowest BCUT2D eigenvalue weighted by Crippen LogP contribution is -2.40. The summed E-state index contributed by atoms with van der Waals surface area (Å²) in [6, 6.07) is 3.60. The van der Waals surface area contributed by atoms with Crippen molar-refractivity contribution in [1.29, 1.82) is 0 Å². The van der Waals surface area contributed by atoms with Gasteiger partial charge in [0.05, 0.1) is 27.4 Å². The molecule has 0 aliphatic carbocycles. The summed E-state index contributed by atoms with van der Waals surface area (Å²) in [5, 5.41) is 3.05. The Balaban J connectivity index is 1.93. The molecule has 1 unspecified atom stereocenters. The number of hydrogen-bond acceptors (Lipinski definition) is 5. The van der Waals surface area contributed by atoms with Crippen molar-refractivity contribution >= 4 is 5.91 Å². The molecule has 24 heavy (non-hydrogen) atoms. The van der Waals surface area contributed by atoms with Crippen LogP contribution < -0.4 is 14.8 Å². The highest BCUT2D eigenvalue weighted by atomic mass is 16.5. The van der Waals surface area contributed by atoms with Crippen LogP contribution in [0.3, 0.4) is 0 Å². The van der Waals surface area contributed by atoms with E-state index in [4.69, 9.17) is 14.2 Å². The number of morpholine rings is 1. The number of hydrogen-bond donors (Lipinski definition) is 1. The Morgan fingerprint density at radius 3 is 2.38 bits per heavy atom. The zero-order chi connectivity index (χ0) is 17.5. The van der Waals surface area contributed by atoms with E-state index in [1.165, 1.54) is 0 Å². The third-order valence-electron chi connectivity index (χ3n) is 4.37. The highest BCUT2D eigenvalue weighted by Crippen LogP contribution is 2.29. The van der Waals surface area contributed by atoms with Crippen LogP contribution in [0.5, 0.6) is 11.5 Å². The average Bonchev–Trinajstić information content (AvgIpc) is 2.61. The summed E-state index contributed by atoms with van der Waals surface area (Å²) in [5.41, 5.74) is 1.43. The van der Waals surface area contributed by atoms with Crippen molar-refractivity contribution in [2.45, 2.75) is 26.3 Å². The van der Waals surface area contributed by atoms with Crippen molar-refractivity contribution < 1.29 is 19.0 Å². The molecule has 134 valence electrons. The molecule has 1 aliphatic rings. The van der Waals surface area contributed by atoms with Crippen molar-refractivity contribution in [2.75, 3.05) is 47.1 Å². The van der Waals surface area contributed by atoms with Gasteiger partial charge in [-0.1, -0.05) is 0 Å². The molecule has 6 nitrogen and oxygen atoms in total. The Bertz CT molecular complexity index is 531. The number of carbonyl (C=O) groups is 1. The lowest BCUT2D eigenvalue weighted by atomic mass is 10.1. The van der Waals surface area contributed by atoms with Crippen molar-refractivity contribution in [3.63, 3.8) is 0 Å². The maximum atomic E-state index is 12.5. The van der Waals surface area contributed by atoms with Gasteiger partial charge >= 0.3 is 0 Å². The summed E-state index contributed by atoms with van der Waals surface area (Å²) in [6.45, 7) is 8.42. The van der Waals surface area contributed by atoms with Gasteiger partial charge in [-0.15, -0.1) is 0 Å². The van der Waals surface area contributed by atoms with Crippen LogP contribution in [0.2, 0.25) is 0 Å². The number of rotatable bonds is 7. The van der Waals surface area contributed by atoms with E-state index < -0.39 is 0 Å². The topological polar surface area (TPSA) is 60.0 Å². The molecule has 0 aromatic heterocycles. The first-order chi connectivity index (χ1) is 11.5. The Morgan fingerprint density at radius 1 is 1.25 bits per heavy atom. The second kappa shape index (κ2) is 8.89. The SMILES string of the molecule is COc1cc(C(=O)NC(C)CCN2CCOCC2)cc(OC)c1C. The fourth-order valence-electron chi connectivity index (χ4n) is 2.80. The van der Waals surface area contributed by atoms with Crippen LogP contribution in [-0.4, -0.2) is 63.9 Å². The first-order valence-electron chi connectivity index (χ1n) is 8.38. The highest BCUT2D eigenvalue weighted by molar-refractivity contribution is 5.95. The van der Waals surface area contributed by atoms with Crippen LogP contribution in [0.4, 0.5) is 0 Å². The molecule has 0 saturated carbocycles. The highest BCUT2D eigenvalue weighted by Gasteiger charge is 2.16. The van der Waals surface area contributed by atoms with Crippen molar-refractivity contribution in [3.8, 4) is 11.5 Å². The number of benzene rings is 1. The molecule has 6 heteroatoms. The monoisotopic (exact) mass is 336 g/mol. The largest absolute Gasteiger partial charge is 0.496 e. The zero-order valence-corrected chi connectivity index (χ0v) is 15.1. The molecule has 0 radical (unpaired) electrons. The van der Waals surface area contributed by atoms with Crippen LogP contribution in [0.25, 0.3) is 0 Å². The van der Waals surface area contributed by atoms with E-state index >= 15 is 0 Å². The van der Waals surface area contributed by atoms with Crippen molar-refractivity contribution in [1.82, 2.24) is 10.2 Å². The smallest absolute Gasteiger partial charge is 0.251 e. The molecule has 0 spiro atoms. The van der Waals surface area contributed by atoms with Gasteiger partial charge in [-0.25, -0.2) is 0 Å². The maximum absolute atomic E-state index is 12.5. The molecule has 1 fully saturated rings. The summed E-state index contributed by atoms with van der Waals surface area (Å²) < 4.78 is 16.0. The number of amides is 1. The molecule has 1 aromatic carbocycles. The third-order valence-corrected chi connectivity index (χ3v) is 4.37. The summed E-state index contributed by atoms with van der Waals surface area (Å²) >= 11 is 0. The van der Waals surface area contributed by atoms with Gasteiger partial charge in [0.1, 0.15) is 11.5 Å². The van der Waals surface area contributed by atoms with E-state index in [9.17, 15) is 4.79 Å². The predicted octanol–water partition coefficient (Wildman–Crippen LogP) is 1.85. The number of nitrogens with one attached hydrogen (secondary N) is 1. The standard InChI is InChI=1S/C18H28N2O4/c1-13(5-6-20-7-9-24-10-8-20)19-18(21)15-11-16(22-3)14(2)17(12-15)23-4/h11-13H,5-10H2,1-4H3,(H,19,21). The van der Waals surface area contributed by atoms with Crippen LogP contribution in [0, 0.1) is 6.92 Å². The average molecular weight is 336 g/mol. The first-order valence-corrected chi connectivity index (χ1v) is 8.38. The van der Waals surface area contributed by atoms with E-state index in [1.807, 2.05) is 13.8 Å². The maximum Gasteiger partial charge on any atom is 0.251 e. The Labute approximate surface area is 144 Å². The van der Waals surface area contributed by atoms with Crippen LogP contribution >= 0.6 is 0 Å². The lowest BCUT2D eigenvalue weighted by molar-refractivity contribution is 0.0363. The number of nitrogens with zero attached hydrogens (tertiary/aromatic N) is 1. The molecule has 1 amide bonds. The van der Waals surface area contributed by atoms with Gasteiger partial charge in [-0.2, -0.15) is 0 Å². The van der Waals surface area contributed by atoms with Crippen LogP contribution in [0.15, 0.2) is 12.1 Å². The molecular weight excluding hydrogens is 308 g/mol. The predicted molar refractivity (Wildman–Crippen MR) is 93.1 cm³/mol. The molecule has 1 N–H and O–H groups in total. The Kier molecular flexibility index (Phi) is 6.87. The normalized spacial score (nSPS) is 16.5. The second-order valence-electron chi connectivity index (χ2n) is 6.12. The fourth-order valence-corrected chi connectivity index (χ4v) is 2.80. The van der Waals surface area contributed by atoms with E-state index in [1.54, 1.807) is 26.4 Å². The third kappa shape index (κ3) is 4.85. The van der Waals surface area contributed by atoms with E-state index in [0.29, 0.717) is 17.1 Å². The minimum atomic E-state index is -0.110.